The summed E-state index contributed by atoms with van der Waals surface area (Å²) < 4.78 is 0. The molecule has 0 aliphatic heterocycles. The summed E-state index contributed by atoms with van der Waals surface area (Å²) in [6, 6.07) is 15.3. The van der Waals surface area contributed by atoms with Gasteiger partial charge in [0.25, 0.3) is 5.91 Å². The van der Waals surface area contributed by atoms with Gasteiger partial charge in [0.1, 0.15) is 0 Å². The van der Waals surface area contributed by atoms with Gasteiger partial charge >= 0.3 is 0 Å². The first kappa shape index (κ1) is 13.0. The lowest BCUT2D eigenvalue weighted by Crippen LogP contribution is -2.17. The number of nitrogens with zero attached hydrogens (tertiary/aromatic N) is 1. The van der Waals surface area contributed by atoms with Gasteiger partial charge in [-0.15, -0.1) is 0 Å². The number of carbonyl (C=O) groups is 1. The molecule has 0 aliphatic carbocycles. The number of amides is 1. The second-order valence-corrected chi connectivity index (χ2v) is 4.43. The summed E-state index contributed by atoms with van der Waals surface area (Å²) in [6.45, 7) is 3.96. The highest BCUT2D eigenvalue weighted by atomic mass is 16.2. The average molecular weight is 252 g/mol. The molecule has 96 valence electrons. The molecule has 2 rings (SSSR count). The molecule has 2 aromatic carbocycles. The van der Waals surface area contributed by atoms with Crippen LogP contribution >= 0.6 is 0 Å². The van der Waals surface area contributed by atoms with Crippen LogP contribution in [0.5, 0.6) is 0 Å². The summed E-state index contributed by atoms with van der Waals surface area (Å²) in [4.78, 5) is 11.8. The summed E-state index contributed by atoms with van der Waals surface area (Å²) in [7, 11) is 0. The van der Waals surface area contributed by atoms with Gasteiger partial charge in [0.15, 0.2) is 0 Å². The minimum atomic E-state index is -0.200. The van der Waals surface area contributed by atoms with Gasteiger partial charge in [0.05, 0.1) is 6.21 Å². The third-order valence-electron chi connectivity index (χ3n) is 2.84. The van der Waals surface area contributed by atoms with Crippen LogP contribution in [-0.4, -0.2) is 12.1 Å². The predicted molar refractivity (Wildman–Crippen MR) is 77.4 cm³/mol. The Hall–Kier alpha value is -2.42. The molecule has 0 bridgehead atoms. The van der Waals surface area contributed by atoms with Crippen molar-refractivity contribution in [1.29, 1.82) is 0 Å². The highest BCUT2D eigenvalue weighted by Crippen LogP contribution is 2.05. The molecule has 1 amide bonds. The van der Waals surface area contributed by atoms with Crippen molar-refractivity contribution in [3.63, 3.8) is 0 Å². The van der Waals surface area contributed by atoms with Crippen molar-refractivity contribution in [2.24, 2.45) is 5.10 Å². The highest BCUT2D eigenvalue weighted by Gasteiger charge is 2.03. The number of hydrogen-bond donors (Lipinski definition) is 1. The average Bonchev–Trinajstić information content (AvgIpc) is 2.41. The molecule has 0 atom stereocenters. The predicted octanol–water partition coefficient (Wildman–Crippen LogP) is 3.07. The zero-order valence-electron chi connectivity index (χ0n) is 11.1. The standard InChI is InChI=1S/C16H16N2O/c1-12-6-5-9-14(10-12)16(19)18-17-11-15-8-4-3-7-13(15)2/h3-11H,1-2H3,(H,18,19)/b17-11-. The minimum Gasteiger partial charge on any atom is -0.267 e. The van der Waals surface area contributed by atoms with Gasteiger partial charge in [-0.2, -0.15) is 5.10 Å². The molecular weight excluding hydrogens is 236 g/mol. The van der Waals surface area contributed by atoms with Gasteiger partial charge in [-0.3, -0.25) is 4.79 Å². The third kappa shape index (κ3) is 3.52. The van der Waals surface area contributed by atoms with Gasteiger partial charge in [-0.1, -0.05) is 42.0 Å². The Morgan fingerprint density at radius 2 is 1.89 bits per heavy atom. The Morgan fingerprint density at radius 3 is 2.63 bits per heavy atom. The molecule has 1 N–H and O–H groups in total. The van der Waals surface area contributed by atoms with Crippen LogP contribution in [0, 0.1) is 13.8 Å². The maximum Gasteiger partial charge on any atom is 0.271 e. The number of carbonyl (C=O) groups excluding carboxylic acids is 1. The summed E-state index contributed by atoms with van der Waals surface area (Å²) in [6.07, 6.45) is 1.66. The summed E-state index contributed by atoms with van der Waals surface area (Å²) >= 11 is 0. The van der Waals surface area contributed by atoms with Crippen molar-refractivity contribution in [2.75, 3.05) is 0 Å². The van der Waals surface area contributed by atoms with Crippen LogP contribution in [0.2, 0.25) is 0 Å². The molecule has 0 fully saturated rings. The van der Waals surface area contributed by atoms with Crippen molar-refractivity contribution in [2.45, 2.75) is 13.8 Å². The minimum absolute atomic E-state index is 0.200. The van der Waals surface area contributed by atoms with E-state index in [0.717, 1.165) is 16.7 Å². The van der Waals surface area contributed by atoms with Crippen molar-refractivity contribution >= 4 is 12.1 Å². The normalized spacial score (nSPS) is 10.6. The van der Waals surface area contributed by atoms with Crippen LogP contribution in [0.1, 0.15) is 27.0 Å². The number of nitrogens with one attached hydrogen (secondary N) is 1. The van der Waals surface area contributed by atoms with Crippen LogP contribution in [0.4, 0.5) is 0 Å². The lowest BCUT2D eigenvalue weighted by atomic mass is 10.1. The lowest BCUT2D eigenvalue weighted by molar-refractivity contribution is 0.0955. The molecule has 0 aromatic heterocycles. The van der Waals surface area contributed by atoms with E-state index in [-0.39, 0.29) is 5.91 Å². The third-order valence-corrected chi connectivity index (χ3v) is 2.84. The van der Waals surface area contributed by atoms with Gasteiger partial charge in [-0.05, 0) is 37.1 Å². The van der Waals surface area contributed by atoms with E-state index in [1.807, 2.05) is 56.3 Å². The largest absolute Gasteiger partial charge is 0.271 e. The second kappa shape index (κ2) is 5.96. The maximum atomic E-state index is 11.8. The Morgan fingerprint density at radius 1 is 1.11 bits per heavy atom. The molecule has 3 nitrogen and oxygen atoms in total. The Labute approximate surface area is 113 Å². The van der Waals surface area contributed by atoms with Crippen molar-refractivity contribution < 1.29 is 4.79 Å². The molecule has 0 heterocycles. The number of rotatable bonds is 3. The summed E-state index contributed by atoms with van der Waals surface area (Å²) in [5.74, 6) is -0.200. The molecular formula is C16H16N2O. The summed E-state index contributed by atoms with van der Waals surface area (Å²) in [5.41, 5.74) is 6.31. The number of hydrogen-bond acceptors (Lipinski definition) is 2. The van der Waals surface area contributed by atoms with E-state index in [0.29, 0.717) is 5.56 Å². The lowest BCUT2D eigenvalue weighted by Gasteiger charge is -2.01. The first-order valence-electron chi connectivity index (χ1n) is 6.12. The van der Waals surface area contributed by atoms with Crippen molar-refractivity contribution in [3.8, 4) is 0 Å². The van der Waals surface area contributed by atoms with Gasteiger partial charge in [-0.25, -0.2) is 5.43 Å². The fraction of sp³-hybridized carbons (Fsp3) is 0.125. The molecule has 0 radical (unpaired) electrons. The van der Waals surface area contributed by atoms with E-state index in [2.05, 4.69) is 10.5 Å². The van der Waals surface area contributed by atoms with Gasteiger partial charge in [0, 0.05) is 5.56 Å². The summed E-state index contributed by atoms with van der Waals surface area (Å²) in [5, 5.41) is 3.98. The molecule has 0 spiro atoms. The number of hydrazone groups is 1. The van der Waals surface area contributed by atoms with Crippen molar-refractivity contribution in [3.05, 3.63) is 70.8 Å². The topological polar surface area (TPSA) is 41.5 Å². The van der Waals surface area contributed by atoms with Crippen LogP contribution < -0.4 is 5.43 Å². The van der Waals surface area contributed by atoms with E-state index >= 15 is 0 Å². The second-order valence-electron chi connectivity index (χ2n) is 4.43. The fourth-order valence-electron chi connectivity index (χ4n) is 1.74. The smallest absolute Gasteiger partial charge is 0.267 e. The van der Waals surface area contributed by atoms with E-state index in [4.69, 9.17) is 0 Å². The van der Waals surface area contributed by atoms with Crippen LogP contribution in [0.25, 0.3) is 0 Å². The Bertz CT molecular complexity index is 618. The first-order chi connectivity index (χ1) is 9.16. The van der Waals surface area contributed by atoms with E-state index < -0.39 is 0 Å². The zero-order chi connectivity index (χ0) is 13.7. The van der Waals surface area contributed by atoms with Crippen LogP contribution in [0.3, 0.4) is 0 Å². The Balaban J connectivity index is 2.03. The van der Waals surface area contributed by atoms with E-state index in [9.17, 15) is 4.79 Å². The van der Waals surface area contributed by atoms with E-state index in [1.165, 1.54) is 0 Å². The Kier molecular flexibility index (Phi) is 4.08. The van der Waals surface area contributed by atoms with Gasteiger partial charge in [0.2, 0.25) is 0 Å². The molecule has 3 heteroatoms. The SMILES string of the molecule is Cc1cccc(C(=O)N/N=C\c2ccccc2C)c1. The van der Waals surface area contributed by atoms with E-state index in [1.54, 1.807) is 12.3 Å². The molecule has 0 unspecified atom stereocenters. The monoisotopic (exact) mass is 252 g/mol. The first-order valence-corrected chi connectivity index (χ1v) is 6.12. The molecule has 0 saturated carbocycles. The zero-order valence-corrected chi connectivity index (χ0v) is 11.1. The van der Waals surface area contributed by atoms with Crippen LogP contribution in [-0.2, 0) is 0 Å². The van der Waals surface area contributed by atoms with Gasteiger partial charge < -0.3 is 0 Å². The molecule has 0 saturated heterocycles. The van der Waals surface area contributed by atoms with Crippen molar-refractivity contribution in [1.82, 2.24) is 5.43 Å². The number of aryl methyl sites for hydroxylation is 2. The molecule has 19 heavy (non-hydrogen) atoms. The van der Waals surface area contributed by atoms with Crippen LogP contribution in [0.15, 0.2) is 53.6 Å². The maximum absolute atomic E-state index is 11.8. The number of benzene rings is 2. The molecule has 0 aliphatic rings. The quantitative estimate of drug-likeness (QED) is 0.662. The molecule has 2 aromatic rings. The fourth-order valence-corrected chi connectivity index (χ4v) is 1.74. The highest BCUT2D eigenvalue weighted by molar-refractivity contribution is 5.95.